The predicted molar refractivity (Wildman–Crippen MR) is 66.9 cm³/mol. The molecule has 1 aromatic carbocycles. The molecule has 10 heteroatoms. The van der Waals surface area contributed by atoms with Crippen LogP contribution in [-0.2, 0) is 15.8 Å². The van der Waals surface area contributed by atoms with Crippen LogP contribution in [0.5, 0.6) is 0 Å². The summed E-state index contributed by atoms with van der Waals surface area (Å²) in [5.41, 5.74) is -3.30. The van der Waals surface area contributed by atoms with E-state index < -0.39 is 53.2 Å². The van der Waals surface area contributed by atoms with Crippen molar-refractivity contribution < 1.29 is 36.6 Å². The Morgan fingerprint density at radius 2 is 1.83 bits per heavy atom. The second-order valence-corrected chi connectivity index (χ2v) is 4.51. The van der Waals surface area contributed by atoms with Gasteiger partial charge in [0.25, 0.3) is 11.8 Å². The molecular formula is C13H9F5N2O3. The number of carbonyl (C=O) groups excluding carboxylic acids is 2. The maximum Gasteiger partial charge on any atom is 0.419 e. The maximum atomic E-state index is 13.8. The highest BCUT2D eigenvalue weighted by Gasteiger charge is 2.37. The summed E-state index contributed by atoms with van der Waals surface area (Å²) < 4.78 is 65.0. The Labute approximate surface area is 126 Å². The smallest absolute Gasteiger partial charge is 0.395 e. The third kappa shape index (κ3) is 3.31. The predicted octanol–water partition coefficient (Wildman–Crippen LogP) is 1.64. The van der Waals surface area contributed by atoms with E-state index >= 15 is 0 Å². The third-order valence-electron chi connectivity index (χ3n) is 2.95. The fourth-order valence-corrected chi connectivity index (χ4v) is 1.94. The Hall–Kier alpha value is -2.49. The highest BCUT2D eigenvalue weighted by molar-refractivity contribution is 6.17. The Balaban J connectivity index is 2.35. The molecule has 2 rings (SSSR count). The fraction of sp³-hybridized carbons (Fsp3) is 0.231. The molecule has 0 fully saturated rings. The number of amides is 2. The Kier molecular flexibility index (Phi) is 4.37. The number of imide groups is 1. The van der Waals surface area contributed by atoms with Crippen molar-refractivity contribution in [2.24, 2.45) is 0 Å². The van der Waals surface area contributed by atoms with E-state index in [1.807, 2.05) is 5.32 Å². The molecule has 124 valence electrons. The minimum absolute atomic E-state index is 0.0193. The van der Waals surface area contributed by atoms with Crippen LogP contribution in [0, 0.1) is 11.6 Å². The van der Waals surface area contributed by atoms with Gasteiger partial charge in [-0.25, -0.2) is 8.78 Å². The molecule has 23 heavy (non-hydrogen) atoms. The van der Waals surface area contributed by atoms with E-state index in [0.717, 1.165) is 6.08 Å². The van der Waals surface area contributed by atoms with Crippen molar-refractivity contribution in [3.05, 3.63) is 41.1 Å². The number of nitrogens with one attached hydrogen (secondary N) is 1. The quantitative estimate of drug-likeness (QED) is 0.648. The zero-order valence-corrected chi connectivity index (χ0v) is 11.2. The SMILES string of the molecule is O=C1C=C(Nc2cc(F)cc(C(F)(F)F)c2F)C(=O)N1CCO. The molecule has 0 atom stereocenters. The number of benzene rings is 1. The number of β-amino-alcohol motifs (C(OH)–C–C–N with tert-alkyl or cyclic N) is 1. The van der Waals surface area contributed by atoms with Crippen LogP contribution in [0.1, 0.15) is 5.56 Å². The standard InChI is InChI=1S/C13H9F5N2O3/c14-6-3-7(13(16,17)18)11(15)8(4-6)19-9-5-10(22)20(1-2-21)12(9)23/h3-5,19,21H,1-2H2. The van der Waals surface area contributed by atoms with Crippen molar-refractivity contribution in [3.8, 4) is 0 Å². The zero-order valence-electron chi connectivity index (χ0n) is 11.2. The summed E-state index contributed by atoms with van der Waals surface area (Å²) in [6.07, 6.45) is -4.41. The minimum Gasteiger partial charge on any atom is -0.395 e. The molecule has 1 aliphatic rings. The molecule has 0 aromatic heterocycles. The van der Waals surface area contributed by atoms with Crippen LogP contribution in [0.25, 0.3) is 0 Å². The normalized spacial score (nSPS) is 15.2. The van der Waals surface area contributed by atoms with Gasteiger partial charge in [-0.05, 0) is 6.07 Å². The summed E-state index contributed by atoms with van der Waals surface area (Å²) in [4.78, 5) is 23.9. The number of carbonyl (C=O) groups is 2. The second-order valence-electron chi connectivity index (χ2n) is 4.51. The molecule has 1 aliphatic heterocycles. The molecule has 0 unspecified atom stereocenters. The van der Waals surface area contributed by atoms with Gasteiger partial charge in [0.05, 0.1) is 24.4 Å². The van der Waals surface area contributed by atoms with Crippen molar-refractivity contribution >= 4 is 17.5 Å². The second kappa shape index (κ2) is 5.95. The summed E-state index contributed by atoms with van der Waals surface area (Å²) in [6.45, 7) is -0.857. The van der Waals surface area contributed by atoms with Crippen LogP contribution in [0.2, 0.25) is 0 Å². The maximum absolute atomic E-state index is 13.8. The molecule has 5 nitrogen and oxygen atoms in total. The van der Waals surface area contributed by atoms with E-state index in [4.69, 9.17) is 5.11 Å². The summed E-state index contributed by atoms with van der Waals surface area (Å²) >= 11 is 0. The topological polar surface area (TPSA) is 69.6 Å². The van der Waals surface area contributed by atoms with Crippen molar-refractivity contribution in [2.45, 2.75) is 6.18 Å². The van der Waals surface area contributed by atoms with Crippen molar-refractivity contribution in [1.29, 1.82) is 0 Å². The van der Waals surface area contributed by atoms with Gasteiger partial charge in [-0.3, -0.25) is 14.5 Å². The molecule has 0 bridgehead atoms. The largest absolute Gasteiger partial charge is 0.419 e. The number of hydrogen-bond acceptors (Lipinski definition) is 4. The molecule has 0 saturated carbocycles. The highest BCUT2D eigenvalue weighted by Crippen LogP contribution is 2.35. The van der Waals surface area contributed by atoms with Gasteiger partial charge in [0.1, 0.15) is 11.5 Å². The van der Waals surface area contributed by atoms with Gasteiger partial charge in [0.2, 0.25) is 0 Å². The van der Waals surface area contributed by atoms with Gasteiger partial charge in [0.15, 0.2) is 5.82 Å². The van der Waals surface area contributed by atoms with Gasteiger partial charge in [-0.15, -0.1) is 0 Å². The lowest BCUT2D eigenvalue weighted by molar-refractivity contribution is -0.140. The van der Waals surface area contributed by atoms with Gasteiger partial charge in [0, 0.05) is 12.1 Å². The van der Waals surface area contributed by atoms with Crippen LogP contribution < -0.4 is 5.32 Å². The molecule has 1 heterocycles. The van der Waals surface area contributed by atoms with Crippen molar-refractivity contribution in [2.75, 3.05) is 18.5 Å². The third-order valence-corrected chi connectivity index (χ3v) is 2.95. The van der Waals surface area contributed by atoms with E-state index in [-0.39, 0.29) is 12.6 Å². The molecule has 0 saturated heterocycles. The number of halogens is 5. The van der Waals surface area contributed by atoms with Crippen LogP contribution in [0.15, 0.2) is 23.9 Å². The fourth-order valence-electron chi connectivity index (χ4n) is 1.94. The van der Waals surface area contributed by atoms with Crippen LogP contribution in [0.3, 0.4) is 0 Å². The van der Waals surface area contributed by atoms with Crippen LogP contribution in [-0.4, -0.2) is 35.0 Å². The zero-order chi connectivity index (χ0) is 17.4. The first-order chi connectivity index (χ1) is 10.6. The molecule has 0 aliphatic carbocycles. The molecule has 0 radical (unpaired) electrons. The summed E-state index contributed by atoms with van der Waals surface area (Å²) in [6, 6.07) is 0.409. The number of alkyl halides is 3. The lowest BCUT2D eigenvalue weighted by atomic mass is 10.1. The average molecular weight is 336 g/mol. The highest BCUT2D eigenvalue weighted by atomic mass is 19.4. The van der Waals surface area contributed by atoms with E-state index in [1.165, 1.54) is 0 Å². The van der Waals surface area contributed by atoms with Crippen molar-refractivity contribution in [3.63, 3.8) is 0 Å². The lowest BCUT2D eigenvalue weighted by Crippen LogP contribution is -2.34. The molecule has 0 spiro atoms. The van der Waals surface area contributed by atoms with Gasteiger partial charge < -0.3 is 10.4 Å². The Morgan fingerprint density at radius 3 is 2.39 bits per heavy atom. The first kappa shape index (κ1) is 16.9. The number of nitrogens with zero attached hydrogens (tertiary/aromatic N) is 1. The van der Waals surface area contributed by atoms with Crippen molar-refractivity contribution in [1.82, 2.24) is 4.90 Å². The summed E-state index contributed by atoms with van der Waals surface area (Å²) in [5, 5.41) is 10.7. The molecular weight excluding hydrogens is 327 g/mol. The first-order valence-electron chi connectivity index (χ1n) is 6.16. The Morgan fingerprint density at radius 1 is 1.17 bits per heavy atom. The number of hydrogen-bond donors (Lipinski definition) is 2. The number of aliphatic hydroxyl groups is 1. The molecule has 2 amide bonds. The van der Waals surface area contributed by atoms with Gasteiger partial charge in [-0.1, -0.05) is 0 Å². The van der Waals surface area contributed by atoms with E-state index in [1.54, 1.807) is 0 Å². The molecule has 2 N–H and O–H groups in total. The van der Waals surface area contributed by atoms with E-state index in [9.17, 15) is 31.5 Å². The monoisotopic (exact) mass is 336 g/mol. The van der Waals surface area contributed by atoms with Gasteiger partial charge in [-0.2, -0.15) is 13.2 Å². The number of anilines is 1. The number of rotatable bonds is 4. The average Bonchev–Trinajstić information content (AvgIpc) is 2.69. The van der Waals surface area contributed by atoms with E-state index in [0.29, 0.717) is 11.0 Å². The Bertz CT molecular complexity index is 700. The summed E-state index contributed by atoms with van der Waals surface area (Å²) in [5.74, 6) is -4.98. The number of aliphatic hydroxyl groups excluding tert-OH is 1. The lowest BCUT2D eigenvalue weighted by Gasteiger charge is -2.15. The van der Waals surface area contributed by atoms with E-state index in [2.05, 4.69) is 0 Å². The van der Waals surface area contributed by atoms with Crippen LogP contribution in [0.4, 0.5) is 27.6 Å². The summed E-state index contributed by atoms with van der Waals surface area (Å²) in [7, 11) is 0. The minimum atomic E-state index is -5.13. The van der Waals surface area contributed by atoms with Gasteiger partial charge >= 0.3 is 6.18 Å². The first-order valence-corrected chi connectivity index (χ1v) is 6.16. The molecule has 1 aromatic rings. The van der Waals surface area contributed by atoms with Crippen LogP contribution >= 0.6 is 0 Å².